The summed E-state index contributed by atoms with van der Waals surface area (Å²) in [7, 11) is 0. The Bertz CT molecular complexity index is 1010. The molecule has 0 aliphatic carbocycles. The smallest absolute Gasteiger partial charge is 0.124 e. The van der Waals surface area contributed by atoms with Crippen molar-refractivity contribution in [3.63, 3.8) is 0 Å². The van der Waals surface area contributed by atoms with Gasteiger partial charge >= 0.3 is 0 Å². The summed E-state index contributed by atoms with van der Waals surface area (Å²) in [5.41, 5.74) is 3.67. The van der Waals surface area contributed by atoms with Gasteiger partial charge in [-0.25, -0.2) is 0 Å². The summed E-state index contributed by atoms with van der Waals surface area (Å²) in [6.07, 6.45) is 0. The van der Waals surface area contributed by atoms with E-state index in [0.717, 1.165) is 18.8 Å². The molecule has 1 N–H and O–H groups in total. The van der Waals surface area contributed by atoms with Gasteiger partial charge in [-0.15, -0.1) is 23.7 Å². The van der Waals surface area contributed by atoms with E-state index in [1.54, 1.807) is 11.3 Å². The number of rotatable bonds is 7. The van der Waals surface area contributed by atoms with Crippen LogP contribution in [0.4, 0.5) is 0 Å². The molecule has 1 heterocycles. The van der Waals surface area contributed by atoms with Crippen molar-refractivity contribution in [3.05, 3.63) is 99.7 Å². The SMILES string of the molecule is Cc1ccc(COc2ccc3ccccc3c2CNCc2cccs2)cc1.Cl. The molecule has 4 rings (SSSR count). The number of fused-ring (bicyclic) bond motifs is 1. The Morgan fingerprint density at radius 2 is 1.68 bits per heavy atom. The third kappa shape index (κ3) is 4.93. The Morgan fingerprint density at radius 3 is 2.46 bits per heavy atom. The summed E-state index contributed by atoms with van der Waals surface area (Å²) in [6.45, 7) is 4.34. The molecule has 4 heteroatoms. The number of aryl methyl sites for hydroxylation is 1. The van der Waals surface area contributed by atoms with Gasteiger partial charge < -0.3 is 10.1 Å². The molecule has 0 atom stereocenters. The fourth-order valence-corrected chi connectivity index (χ4v) is 3.88. The second-order valence-electron chi connectivity index (χ2n) is 6.72. The predicted molar refractivity (Wildman–Crippen MR) is 122 cm³/mol. The molecule has 0 saturated carbocycles. The molecule has 0 bridgehead atoms. The number of halogens is 1. The third-order valence-corrected chi connectivity index (χ3v) is 5.57. The van der Waals surface area contributed by atoms with Gasteiger partial charge in [0.1, 0.15) is 12.4 Å². The monoisotopic (exact) mass is 409 g/mol. The minimum absolute atomic E-state index is 0. The van der Waals surface area contributed by atoms with Crippen LogP contribution < -0.4 is 10.1 Å². The fourth-order valence-electron chi connectivity index (χ4n) is 3.20. The van der Waals surface area contributed by atoms with Crippen molar-refractivity contribution in [1.29, 1.82) is 0 Å². The zero-order valence-electron chi connectivity index (χ0n) is 15.9. The van der Waals surface area contributed by atoms with Crippen LogP contribution in [0, 0.1) is 6.92 Å². The van der Waals surface area contributed by atoms with Crippen LogP contribution in [0.3, 0.4) is 0 Å². The normalized spacial score (nSPS) is 10.6. The number of ether oxygens (including phenoxy) is 1. The lowest BCUT2D eigenvalue weighted by Gasteiger charge is -2.15. The Balaban J connectivity index is 0.00000225. The standard InChI is InChI=1S/C24H23NOS.ClH/c1-18-8-10-19(11-9-18)17-26-24-13-12-20-5-2-3-7-22(20)23(24)16-25-15-21-6-4-14-27-21;/h2-14,25H,15-17H2,1H3;1H. The largest absolute Gasteiger partial charge is 0.489 e. The molecule has 0 amide bonds. The zero-order valence-corrected chi connectivity index (χ0v) is 17.5. The lowest BCUT2D eigenvalue weighted by atomic mass is 10.0. The van der Waals surface area contributed by atoms with E-state index in [1.165, 1.54) is 32.3 Å². The Hall–Kier alpha value is -2.33. The lowest BCUT2D eigenvalue weighted by molar-refractivity contribution is 0.302. The molecule has 0 saturated heterocycles. The van der Waals surface area contributed by atoms with Gasteiger partial charge in [0.2, 0.25) is 0 Å². The molecule has 0 aliphatic heterocycles. The van der Waals surface area contributed by atoms with Crippen molar-refractivity contribution in [2.45, 2.75) is 26.6 Å². The second-order valence-corrected chi connectivity index (χ2v) is 7.75. The Kier molecular flexibility index (Phi) is 7.10. The van der Waals surface area contributed by atoms with E-state index in [0.29, 0.717) is 6.61 Å². The maximum atomic E-state index is 6.22. The summed E-state index contributed by atoms with van der Waals surface area (Å²) in [4.78, 5) is 1.34. The van der Waals surface area contributed by atoms with Crippen LogP contribution >= 0.6 is 23.7 Å². The van der Waals surface area contributed by atoms with Gasteiger partial charge in [-0.3, -0.25) is 0 Å². The summed E-state index contributed by atoms with van der Waals surface area (Å²) in [5, 5.41) is 8.18. The van der Waals surface area contributed by atoms with E-state index < -0.39 is 0 Å². The minimum Gasteiger partial charge on any atom is -0.489 e. The number of hydrogen-bond acceptors (Lipinski definition) is 3. The Morgan fingerprint density at radius 1 is 0.857 bits per heavy atom. The lowest BCUT2D eigenvalue weighted by Crippen LogP contribution is -2.13. The highest BCUT2D eigenvalue weighted by atomic mass is 35.5. The molecule has 4 aromatic rings. The highest BCUT2D eigenvalue weighted by Gasteiger charge is 2.09. The predicted octanol–water partition coefficient (Wildman–Crippen LogP) is 6.50. The van der Waals surface area contributed by atoms with Crippen molar-refractivity contribution in [1.82, 2.24) is 5.32 Å². The van der Waals surface area contributed by atoms with Crippen LogP contribution in [0.5, 0.6) is 5.75 Å². The molecule has 0 unspecified atom stereocenters. The summed E-state index contributed by atoms with van der Waals surface area (Å²) < 4.78 is 6.22. The second kappa shape index (κ2) is 9.74. The first-order valence-electron chi connectivity index (χ1n) is 9.22. The van der Waals surface area contributed by atoms with E-state index in [4.69, 9.17) is 4.74 Å². The van der Waals surface area contributed by atoms with E-state index >= 15 is 0 Å². The average Bonchev–Trinajstić information content (AvgIpc) is 3.22. The van der Waals surface area contributed by atoms with Gasteiger partial charge in [0.05, 0.1) is 0 Å². The van der Waals surface area contributed by atoms with Crippen molar-refractivity contribution < 1.29 is 4.74 Å². The maximum absolute atomic E-state index is 6.22. The number of thiophene rings is 1. The van der Waals surface area contributed by atoms with Crippen molar-refractivity contribution >= 4 is 34.5 Å². The molecular formula is C24H24ClNOS. The van der Waals surface area contributed by atoms with Crippen LogP contribution in [0.25, 0.3) is 10.8 Å². The molecule has 1 aromatic heterocycles. The number of nitrogens with one attached hydrogen (secondary N) is 1. The molecule has 3 aromatic carbocycles. The Labute approximate surface area is 176 Å². The molecule has 28 heavy (non-hydrogen) atoms. The first-order chi connectivity index (χ1) is 13.3. The molecule has 144 valence electrons. The molecule has 2 nitrogen and oxygen atoms in total. The number of benzene rings is 3. The van der Waals surface area contributed by atoms with Crippen LogP contribution in [0.15, 0.2) is 78.2 Å². The highest BCUT2D eigenvalue weighted by Crippen LogP contribution is 2.29. The first-order valence-corrected chi connectivity index (χ1v) is 10.1. The van der Waals surface area contributed by atoms with Gasteiger partial charge in [-0.05, 0) is 40.8 Å². The first kappa shape index (κ1) is 20.4. The minimum atomic E-state index is 0. The van der Waals surface area contributed by atoms with Crippen LogP contribution in [-0.2, 0) is 19.7 Å². The highest BCUT2D eigenvalue weighted by molar-refractivity contribution is 7.09. The maximum Gasteiger partial charge on any atom is 0.124 e. The quantitative estimate of drug-likeness (QED) is 0.376. The molecule has 0 radical (unpaired) electrons. The topological polar surface area (TPSA) is 21.3 Å². The zero-order chi connectivity index (χ0) is 18.5. The van der Waals surface area contributed by atoms with Gasteiger partial charge in [-0.2, -0.15) is 0 Å². The van der Waals surface area contributed by atoms with E-state index in [1.807, 2.05) is 0 Å². The summed E-state index contributed by atoms with van der Waals surface area (Å²) in [5.74, 6) is 0.952. The number of hydrogen-bond donors (Lipinski definition) is 1. The van der Waals surface area contributed by atoms with Gasteiger partial charge in [0, 0.05) is 23.5 Å². The van der Waals surface area contributed by atoms with Crippen molar-refractivity contribution in [2.75, 3.05) is 0 Å². The van der Waals surface area contributed by atoms with E-state index in [-0.39, 0.29) is 12.4 Å². The van der Waals surface area contributed by atoms with Gasteiger partial charge in [0.25, 0.3) is 0 Å². The van der Waals surface area contributed by atoms with E-state index in [9.17, 15) is 0 Å². The van der Waals surface area contributed by atoms with Crippen LogP contribution in [0.1, 0.15) is 21.6 Å². The molecule has 0 aliphatic rings. The van der Waals surface area contributed by atoms with Crippen molar-refractivity contribution in [3.8, 4) is 5.75 Å². The van der Waals surface area contributed by atoms with E-state index in [2.05, 4.69) is 90.4 Å². The van der Waals surface area contributed by atoms with Gasteiger partial charge in [0.15, 0.2) is 0 Å². The molecule has 0 spiro atoms. The van der Waals surface area contributed by atoms with Crippen molar-refractivity contribution in [2.24, 2.45) is 0 Å². The van der Waals surface area contributed by atoms with Crippen LogP contribution in [-0.4, -0.2) is 0 Å². The third-order valence-electron chi connectivity index (χ3n) is 4.69. The van der Waals surface area contributed by atoms with Gasteiger partial charge in [-0.1, -0.05) is 66.2 Å². The van der Waals surface area contributed by atoms with Crippen LogP contribution in [0.2, 0.25) is 0 Å². The fraction of sp³-hybridized carbons (Fsp3) is 0.167. The average molecular weight is 410 g/mol. The summed E-state index contributed by atoms with van der Waals surface area (Å²) in [6, 6.07) is 25.5. The molecular weight excluding hydrogens is 386 g/mol. The summed E-state index contributed by atoms with van der Waals surface area (Å²) >= 11 is 1.78. The molecule has 0 fully saturated rings.